The molecular formula is C23H34N4O. The lowest BCUT2D eigenvalue weighted by Gasteiger charge is -2.06. The number of nitrogens with one attached hydrogen (secondary N) is 1. The molecule has 0 aliphatic carbocycles. The van der Waals surface area contributed by atoms with E-state index in [0.717, 1.165) is 11.6 Å². The molecule has 5 nitrogen and oxygen atoms in total. The van der Waals surface area contributed by atoms with Crippen LogP contribution in [0.25, 0.3) is 0 Å². The zero-order valence-electron chi connectivity index (χ0n) is 18.0. The molecule has 0 saturated carbocycles. The van der Waals surface area contributed by atoms with Crippen LogP contribution in [0.3, 0.4) is 0 Å². The highest BCUT2D eigenvalue weighted by molar-refractivity contribution is 5.79. The van der Waals surface area contributed by atoms with Crippen LogP contribution in [-0.2, 0) is 6.54 Å². The Morgan fingerprint density at radius 1 is 1.36 bits per heavy atom. The molecule has 0 spiro atoms. The Hall–Kier alpha value is -2.87. The van der Waals surface area contributed by atoms with Gasteiger partial charge in [-0.25, -0.2) is 4.79 Å². The van der Waals surface area contributed by atoms with Gasteiger partial charge in [-0.05, 0) is 25.3 Å². The third-order valence-electron chi connectivity index (χ3n) is 4.42. The molecule has 0 amide bonds. The van der Waals surface area contributed by atoms with Gasteiger partial charge in [0.25, 0.3) is 0 Å². The Labute approximate surface area is 169 Å². The Morgan fingerprint density at radius 2 is 2.00 bits per heavy atom. The minimum Gasteiger partial charge on any atom is -0.304 e. The quantitative estimate of drug-likeness (QED) is 0.350. The molecule has 5 heteroatoms. The van der Waals surface area contributed by atoms with E-state index in [4.69, 9.17) is 5.26 Å². The van der Waals surface area contributed by atoms with Crippen molar-refractivity contribution in [2.45, 2.75) is 60.4 Å². The molecule has 1 heterocycles. The second-order valence-corrected chi connectivity index (χ2v) is 6.77. The van der Waals surface area contributed by atoms with Crippen molar-refractivity contribution in [3.63, 3.8) is 0 Å². The molecule has 1 aromatic rings. The molecule has 0 fully saturated rings. The number of imidazole rings is 1. The van der Waals surface area contributed by atoms with E-state index in [9.17, 15) is 4.79 Å². The van der Waals surface area contributed by atoms with Crippen LogP contribution >= 0.6 is 0 Å². The van der Waals surface area contributed by atoms with Crippen LogP contribution in [0.5, 0.6) is 0 Å². The van der Waals surface area contributed by atoms with E-state index in [1.807, 2.05) is 6.07 Å². The summed E-state index contributed by atoms with van der Waals surface area (Å²) in [4.78, 5) is 18.8. The summed E-state index contributed by atoms with van der Waals surface area (Å²) in [5.41, 5.74) is 2.76. The van der Waals surface area contributed by atoms with E-state index in [1.165, 1.54) is 29.9 Å². The SMILES string of the molecule is C=C/C(C#N)=C(\C=C)Cn1c(C)c(C=NC(=C)C)[nH]c1=O.CCC[C@H](C)CC. The number of rotatable bonds is 9. The summed E-state index contributed by atoms with van der Waals surface area (Å²) in [5.74, 6) is 0.949. The fourth-order valence-electron chi connectivity index (χ4n) is 2.44. The number of aromatic amines is 1. The van der Waals surface area contributed by atoms with E-state index in [0.29, 0.717) is 22.5 Å². The molecule has 0 aromatic carbocycles. The van der Waals surface area contributed by atoms with Gasteiger partial charge in [0, 0.05) is 11.4 Å². The van der Waals surface area contributed by atoms with E-state index >= 15 is 0 Å². The predicted octanol–water partition coefficient (Wildman–Crippen LogP) is 5.46. The fourth-order valence-corrected chi connectivity index (χ4v) is 2.44. The maximum atomic E-state index is 12.0. The lowest BCUT2D eigenvalue weighted by Crippen LogP contribution is -2.19. The van der Waals surface area contributed by atoms with Crippen molar-refractivity contribution in [2.24, 2.45) is 10.9 Å². The normalized spacial score (nSPS) is 12.4. The molecule has 28 heavy (non-hydrogen) atoms. The lowest BCUT2D eigenvalue weighted by atomic mass is 10.0. The van der Waals surface area contributed by atoms with Crippen molar-refractivity contribution >= 4 is 6.21 Å². The predicted molar refractivity (Wildman–Crippen MR) is 120 cm³/mol. The fraction of sp³-hybridized carbons (Fsp3) is 0.435. The van der Waals surface area contributed by atoms with Crippen molar-refractivity contribution in [3.05, 3.63) is 70.6 Å². The van der Waals surface area contributed by atoms with Crippen LogP contribution in [0.1, 0.15) is 58.3 Å². The molecule has 0 aliphatic heterocycles. The summed E-state index contributed by atoms with van der Waals surface area (Å²) in [5, 5.41) is 9.04. The number of aliphatic imine (C=N–C) groups is 1. The van der Waals surface area contributed by atoms with Gasteiger partial charge in [0.15, 0.2) is 0 Å². The van der Waals surface area contributed by atoms with Crippen LogP contribution in [0.4, 0.5) is 0 Å². The van der Waals surface area contributed by atoms with Gasteiger partial charge in [-0.1, -0.05) is 71.9 Å². The van der Waals surface area contributed by atoms with Crippen molar-refractivity contribution < 1.29 is 0 Å². The van der Waals surface area contributed by atoms with E-state index in [1.54, 1.807) is 26.1 Å². The minimum atomic E-state index is -0.267. The molecule has 152 valence electrons. The molecule has 1 aromatic heterocycles. The van der Waals surface area contributed by atoms with E-state index in [2.05, 4.69) is 50.5 Å². The van der Waals surface area contributed by atoms with Crippen LogP contribution in [0, 0.1) is 24.2 Å². The van der Waals surface area contributed by atoms with Crippen LogP contribution in [-0.4, -0.2) is 15.8 Å². The third-order valence-corrected chi connectivity index (χ3v) is 4.42. The highest BCUT2D eigenvalue weighted by Crippen LogP contribution is 2.11. The second-order valence-electron chi connectivity index (χ2n) is 6.77. The Balaban J connectivity index is 0.000000887. The number of allylic oxidation sites excluding steroid dienone is 5. The van der Waals surface area contributed by atoms with Crippen LogP contribution in [0.2, 0.25) is 0 Å². The molecule has 0 saturated heterocycles. The number of nitriles is 1. The molecule has 0 bridgehead atoms. The zero-order chi connectivity index (χ0) is 21.7. The maximum absolute atomic E-state index is 12.0. The van der Waals surface area contributed by atoms with Gasteiger partial charge in [0.1, 0.15) is 0 Å². The average Bonchev–Trinajstić information content (AvgIpc) is 2.94. The first-order chi connectivity index (χ1) is 13.2. The van der Waals surface area contributed by atoms with Gasteiger partial charge in [0.05, 0.1) is 30.1 Å². The first kappa shape index (κ1) is 25.1. The zero-order valence-corrected chi connectivity index (χ0v) is 18.0. The summed E-state index contributed by atoms with van der Waals surface area (Å²) in [6, 6.07) is 2.04. The number of nitrogens with zero attached hydrogens (tertiary/aromatic N) is 3. The third kappa shape index (κ3) is 8.22. The Bertz CT molecular complexity index is 828. The number of aromatic nitrogens is 2. The summed E-state index contributed by atoms with van der Waals surface area (Å²) in [6.45, 7) is 21.6. The molecule has 0 radical (unpaired) electrons. The standard InChI is InChI=1S/C16H18N4O.C7H16/c1-6-13(8-17)14(7-2)10-20-12(5)15(19-16(20)21)9-18-11(3)4;1-4-6-7(3)5-2/h6-7,9H,1-3,10H2,4-5H3,(H,19,21);7H,4-6H2,1-3H3/b14-13-,18-9?;/t;7-/m.1/s1. The monoisotopic (exact) mass is 382 g/mol. The van der Waals surface area contributed by atoms with Crippen molar-refractivity contribution in [2.75, 3.05) is 0 Å². The highest BCUT2D eigenvalue weighted by atomic mass is 16.1. The summed E-state index contributed by atoms with van der Waals surface area (Å²) in [6.07, 6.45) is 8.65. The average molecular weight is 383 g/mol. The minimum absolute atomic E-state index is 0.250. The van der Waals surface area contributed by atoms with Gasteiger partial charge in [-0.3, -0.25) is 9.56 Å². The highest BCUT2D eigenvalue weighted by Gasteiger charge is 2.10. The smallest absolute Gasteiger partial charge is 0.304 e. The van der Waals surface area contributed by atoms with Crippen molar-refractivity contribution in [3.8, 4) is 6.07 Å². The second kappa shape index (κ2) is 13.3. The van der Waals surface area contributed by atoms with Gasteiger partial charge in [0.2, 0.25) is 0 Å². The van der Waals surface area contributed by atoms with Crippen LogP contribution < -0.4 is 5.69 Å². The molecule has 1 N–H and O–H groups in total. The summed E-state index contributed by atoms with van der Waals surface area (Å²) in [7, 11) is 0. The van der Waals surface area contributed by atoms with Gasteiger partial charge < -0.3 is 4.98 Å². The van der Waals surface area contributed by atoms with E-state index < -0.39 is 0 Å². The number of hydrogen-bond donors (Lipinski definition) is 1. The van der Waals surface area contributed by atoms with Gasteiger partial charge in [-0.15, -0.1) is 0 Å². The van der Waals surface area contributed by atoms with Gasteiger partial charge >= 0.3 is 5.69 Å². The van der Waals surface area contributed by atoms with Gasteiger partial charge in [-0.2, -0.15) is 5.26 Å². The first-order valence-corrected chi connectivity index (χ1v) is 9.62. The Kier molecular flexibility index (Phi) is 12.0. The maximum Gasteiger partial charge on any atom is 0.326 e. The summed E-state index contributed by atoms with van der Waals surface area (Å²) < 4.78 is 1.53. The van der Waals surface area contributed by atoms with E-state index in [-0.39, 0.29) is 12.2 Å². The molecule has 0 unspecified atom stereocenters. The van der Waals surface area contributed by atoms with Crippen molar-refractivity contribution in [1.82, 2.24) is 9.55 Å². The number of hydrogen-bond acceptors (Lipinski definition) is 3. The lowest BCUT2D eigenvalue weighted by molar-refractivity contribution is 0.509. The largest absolute Gasteiger partial charge is 0.326 e. The first-order valence-electron chi connectivity index (χ1n) is 9.62. The molecular weight excluding hydrogens is 348 g/mol. The Morgan fingerprint density at radius 3 is 2.39 bits per heavy atom. The summed E-state index contributed by atoms with van der Waals surface area (Å²) >= 11 is 0. The van der Waals surface area contributed by atoms with Crippen LogP contribution in [0.15, 0.2) is 58.5 Å². The number of H-pyrrole nitrogens is 1. The molecule has 1 rings (SSSR count). The molecule has 1 atom stereocenters. The molecule has 0 aliphatic rings. The van der Waals surface area contributed by atoms with Crippen molar-refractivity contribution in [1.29, 1.82) is 5.26 Å². The topological polar surface area (TPSA) is 73.9 Å².